The summed E-state index contributed by atoms with van der Waals surface area (Å²) in [6.45, 7) is 19.4. The number of aliphatic hydroxyl groups excluding tert-OH is 1. The summed E-state index contributed by atoms with van der Waals surface area (Å²) in [6, 6.07) is 0. The van der Waals surface area contributed by atoms with Gasteiger partial charge in [-0.15, -0.1) is 0 Å². The van der Waals surface area contributed by atoms with Gasteiger partial charge in [-0.3, -0.25) is 4.79 Å². The van der Waals surface area contributed by atoms with Crippen LogP contribution in [-0.2, 0) is 4.79 Å². The molecule has 1 N–H and O–H groups in total. The van der Waals surface area contributed by atoms with Gasteiger partial charge in [0.1, 0.15) is 5.78 Å². The van der Waals surface area contributed by atoms with Crippen LogP contribution in [0.1, 0.15) is 106 Å². The molecule has 0 amide bonds. The molecule has 2 nitrogen and oxygen atoms in total. The lowest BCUT2D eigenvalue weighted by Gasteiger charge is -2.72. The van der Waals surface area contributed by atoms with E-state index in [1.165, 1.54) is 56.9 Å². The van der Waals surface area contributed by atoms with Crippen LogP contribution in [-0.4, -0.2) is 17.5 Å². The number of carbonyl (C=O) groups is 1. The monoisotopic (exact) mass is 440 g/mol. The first-order valence-corrected chi connectivity index (χ1v) is 13.7. The fraction of sp³-hybridized carbons (Fsp3) is 0.900. The van der Waals surface area contributed by atoms with E-state index in [0.717, 1.165) is 12.8 Å². The largest absolute Gasteiger partial charge is 0.396 e. The summed E-state index contributed by atoms with van der Waals surface area (Å²) in [5.41, 5.74) is 2.27. The summed E-state index contributed by atoms with van der Waals surface area (Å²) in [4.78, 5) is 12.9. The van der Waals surface area contributed by atoms with Gasteiger partial charge in [0.15, 0.2) is 0 Å². The summed E-state index contributed by atoms with van der Waals surface area (Å²) in [5, 5.41) is 10.6. The van der Waals surface area contributed by atoms with Gasteiger partial charge in [-0.05, 0) is 116 Å². The van der Waals surface area contributed by atoms with Crippen LogP contribution in [0.25, 0.3) is 0 Å². The van der Waals surface area contributed by atoms with Crippen LogP contribution in [0.2, 0.25) is 0 Å². The maximum absolute atomic E-state index is 12.9. The van der Waals surface area contributed by atoms with Crippen molar-refractivity contribution < 1.29 is 9.90 Å². The summed E-state index contributed by atoms with van der Waals surface area (Å²) in [5.74, 6) is 3.65. The number of hydrogen-bond donors (Lipinski definition) is 1. The quantitative estimate of drug-likeness (QED) is 0.461. The summed E-state index contributed by atoms with van der Waals surface area (Å²) in [7, 11) is 0. The van der Waals surface area contributed by atoms with Crippen LogP contribution < -0.4 is 0 Å². The first-order chi connectivity index (χ1) is 14.9. The molecule has 5 aliphatic rings. The lowest BCUT2D eigenvalue weighted by atomic mass is 9.32. The van der Waals surface area contributed by atoms with Crippen LogP contribution in [0.4, 0.5) is 0 Å². The fourth-order valence-electron chi connectivity index (χ4n) is 11.4. The minimum absolute atomic E-state index is 0.136. The van der Waals surface area contributed by atoms with E-state index in [0.29, 0.717) is 52.8 Å². The molecule has 0 aromatic carbocycles. The van der Waals surface area contributed by atoms with Crippen molar-refractivity contribution in [3.8, 4) is 0 Å². The number of Topliss-reactive ketones (excluding diaryl/α,β-unsaturated/α-hetero) is 1. The van der Waals surface area contributed by atoms with Crippen molar-refractivity contribution in [2.45, 2.75) is 106 Å². The molecule has 2 heteroatoms. The van der Waals surface area contributed by atoms with E-state index in [1.54, 1.807) is 0 Å². The second-order valence-corrected chi connectivity index (χ2v) is 14.4. The molecule has 0 spiro atoms. The maximum atomic E-state index is 12.9. The maximum Gasteiger partial charge on any atom is 0.138 e. The third-order valence-electron chi connectivity index (χ3n) is 13.3. The second-order valence-electron chi connectivity index (χ2n) is 14.4. The average Bonchev–Trinajstić information content (AvgIpc) is 3.12. The molecule has 5 saturated carbocycles. The Morgan fingerprint density at radius 1 is 0.906 bits per heavy atom. The van der Waals surface area contributed by atoms with E-state index in [9.17, 15) is 9.90 Å². The van der Waals surface area contributed by atoms with E-state index in [1.807, 2.05) is 0 Å². The lowest BCUT2D eigenvalue weighted by molar-refractivity contribution is -0.236. The number of rotatable bonds is 2. The molecule has 5 fully saturated rings. The molecule has 7 unspecified atom stereocenters. The predicted octanol–water partition coefficient (Wildman–Crippen LogP) is 7.21. The van der Waals surface area contributed by atoms with Gasteiger partial charge in [0.25, 0.3) is 0 Å². The third-order valence-corrected chi connectivity index (χ3v) is 13.3. The molecule has 5 rings (SSSR count). The number of ketones is 1. The molecule has 32 heavy (non-hydrogen) atoms. The molecule has 0 heterocycles. The molecule has 0 aromatic heterocycles. The zero-order valence-corrected chi connectivity index (χ0v) is 21.7. The van der Waals surface area contributed by atoms with Crippen molar-refractivity contribution in [3.05, 3.63) is 12.2 Å². The molecule has 9 atom stereocenters. The Bertz CT molecular complexity index is 827. The number of carbonyl (C=O) groups excluding carboxylic acids is 1. The van der Waals surface area contributed by atoms with Gasteiger partial charge in [0.05, 0.1) is 0 Å². The third kappa shape index (κ3) is 2.60. The topological polar surface area (TPSA) is 37.3 Å². The molecule has 0 radical (unpaired) electrons. The summed E-state index contributed by atoms with van der Waals surface area (Å²) < 4.78 is 0. The molecule has 180 valence electrons. The Morgan fingerprint density at radius 3 is 2.28 bits per heavy atom. The molecular formula is C30H48O2. The van der Waals surface area contributed by atoms with E-state index in [4.69, 9.17) is 0 Å². The van der Waals surface area contributed by atoms with E-state index >= 15 is 0 Å². The highest BCUT2D eigenvalue weighted by molar-refractivity contribution is 5.85. The second kappa shape index (κ2) is 6.96. The normalized spacial score (nSPS) is 54.2. The van der Waals surface area contributed by atoms with E-state index in [2.05, 4.69) is 48.1 Å². The Hall–Kier alpha value is -0.630. The predicted molar refractivity (Wildman–Crippen MR) is 131 cm³/mol. The standard InChI is InChI=1S/C30H48O2/c1-19(2)20-10-15-30(18-31)17-16-28(6)21(25(20)30)8-9-23-27(5)13-12-24(32)26(3,4)22(27)11-14-29(23,28)7/h20-23,25,31H,1,8-18H2,2-7H3/t20-,21?,22?,23?,25?,27?,28+,29?,30?/m0/s1. The van der Waals surface area contributed by atoms with Gasteiger partial charge in [0, 0.05) is 18.4 Å². The number of allylic oxidation sites excluding steroid dienone is 1. The highest BCUT2D eigenvalue weighted by Gasteiger charge is 2.70. The SMILES string of the molecule is C=C(C)[C@@H]1CCC2(CO)CC[C@]3(C)C(CCC4C5(C)CCC(=O)C(C)(C)C5CCC43C)C12. The first kappa shape index (κ1) is 23.1. The fourth-order valence-corrected chi connectivity index (χ4v) is 11.4. The Morgan fingerprint density at radius 2 is 1.62 bits per heavy atom. The summed E-state index contributed by atoms with van der Waals surface area (Å²) in [6.07, 6.45) is 11.9. The van der Waals surface area contributed by atoms with Crippen LogP contribution in [0.15, 0.2) is 12.2 Å². The minimum atomic E-state index is -0.165. The van der Waals surface area contributed by atoms with Crippen LogP contribution in [0.3, 0.4) is 0 Å². The van der Waals surface area contributed by atoms with Crippen molar-refractivity contribution in [1.82, 2.24) is 0 Å². The van der Waals surface area contributed by atoms with Gasteiger partial charge in [-0.25, -0.2) is 0 Å². The number of fused-ring (bicyclic) bond motifs is 7. The Labute approximate surface area is 197 Å². The van der Waals surface area contributed by atoms with Gasteiger partial charge in [-0.2, -0.15) is 0 Å². The van der Waals surface area contributed by atoms with Crippen LogP contribution >= 0.6 is 0 Å². The van der Waals surface area contributed by atoms with E-state index in [-0.39, 0.29) is 16.2 Å². The Kier molecular flexibility index (Phi) is 5.03. The van der Waals surface area contributed by atoms with Crippen molar-refractivity contribution in [2.75, 3.05) is 6.61 Å². The zero-order valence-electron chi connectivity index (χ0n) is 21.7. The van der Waals surface area contributed by atoms with Gasteiger partial charge in [-0.1, -0.05) is 46.8 Å². The highest BCUT2D eigenvalue weighted by Crippen LogP contribution is 2.77. The molecule has 0 saturated heterocycles. The Balaban J connectivity index is 1.56. The van der Waals surface area contributed by atoms with Gasteiger partial charge >= 0.3 is 0 Å². The highest BCUT2D eigenvalue weighted by atomic mass is 16.3. The van der Waals surface area contributed by atoms with Gasteiger partial charge < -0.3 is 5.11 Å². The first-order valence-electron chi connectivity index (χ1n) is 13.7. The number of aliphatic hydroxyl groups is 1. The van der Waals surface area contributed by atoms with Crippen molar-refractivity contribution in [3.63, 3.8) is 0 Å². The zero-order chi connectivity index (χ0) is 23.3. The molecule has 5 aliphatic carbocycles. The van der Waals surface area contributed by atoms with Gasteiger partial charge in [0.2, 0.25) is 0 Å². The van der Waals surface area contributed by atoms with Crippen molar-refractivity contribution in [2.24, 2.45) is 56.7 Å². The summed E-state index contributed by atoms with van der Waals surface area (Å²) >= 11 is 0. The van der Waals surface area contributed by atoms with E-state index < -0.39 is 0 Å². The molecular weight excluding hydrogens is 392 g/mol. The lowest BCUT2D eigenvalue weighted by Crippen LogP contribution is -2.66. The number of hydrogen-bond acceptors (Lipinski definition) is 2. The molecule has 0 aliphatic heterocycles. The minimum Gasteiger partial charge on any atom is -0.396 e. The smallest absolute Gasteiger partial charge is 0.138 e. The van der Waals surface area contributed by atoms with Crippen molar-refractivity contribution >= 4 is 5.78 Å². The van der Waals surface area contributed by atoms with Crippen LogP contribution in [0.5, 0.6) is 0 Å². The average molecular weight is 441 g/mol. The van der Waals surface area contributed by atoms with Crippen molar-refractivity contribution in [1.29, 1.82) is 0 Å². The molecule has 0 aromatic rings. The molecule has 0 bridgehead atoms. The van der Waals surface area contributed by atoms with Crippen LogP contribution in [0, 0.1) is 56.7 Å².